The zero-order valence-corrected chi connectivity index (χ0v) is 8.49. The Hall–Kier alpha value is -0.770. The highest BCUT2D eigenvalue weighted by Crippen LogP contribution is 1.98. The summed E-state index contributed by atoms with van der Waals surface area (Å²) < 4.78 is 5.37. The second-order valence-electron chi connectivity index (χ2n) is 3.52. The molecule has 0 bridgehead atoms. The van der Waals surface area contributed by atoms with E-state index in [9.17, 15) is 0 Å². The summed E-state index contributed by atoms with van der Waals surface area (Å²) in [5, 5.41) is 11.1. The fourth-order valence-electron chi connectivity index (χ4n) is 0.879. The van der Waals surface area contributed by atoms with Crippen LogP contribution in [0.5, 0.6) is 0 Å². The average molecular weight is 188 g/mol. The molecule has 0 aliphatic heterocycles. The smallest absolute Gasteiger partial charge is 0.139 e. The maximum absolute atomic E-state index is 8.24. The van der Waals surface area contributed by atoms with Crippen molar-refractivity contribution >= 4 is 5.84 Å². The Labute approximate surface area is 79.8 Å². The largest absolute Gasteiger partial charge is 0.409 e. The molecule has 4 heteroatoms. The van der Waals surface area contributed by atoms with Gasteiger partial charge in [-0.25, -0.2) is 0 Å². The number of nitrogens with two attached hydrogens (primary N) is 1. The predicted molar refractivity (Wildman–Crippen MR) is 52.9 cm³/mol. The molecule has 0 atom stereocenters. The summed E-state index contributed by atoms with van der Waals surface area (Å²) in [7, 11) is 0. The molecule has 0 fully saturated rings. The second-order valence-corrected chi connectivity index (χ2v) is 3.52. The van der Waals surface area contributed by atoms with Gasteiger partial charge in [-0.2, -0.15) is 0 Å². The standard InChI is InChI=1S/C9H20N2O2/c1-8(2)7-13-6-4-3-5-9(10)11-12/h8,12H,3-7H2,1-2H3,(H2,10,11). The summed E-state index contributed by atoms with van der Waals surface area (Å²) in [6.07, 6.45) is 2.51. The molecule has 0 amide bonds. The quantitative estimate of drug-likeness (QED) is 0.209. The molecule has 0 saturated heterocycles. The van der Waals surface area contributed by atoms with Crippen LogP contribution in [0.1, 0.15) is 33.1 Å². The van der Waals surface area contributed by atoms with Gasteiger partial charge < -0.3 is 15.7 Å². The van der Waals surface area contributed by atoms with Crippen molar-refractivity contribution in [2.45, 2.75) is 33.1 Å². The Morgan fingerprint density at radius 3 is 2.69 bits per heavy atom. The van der Waals surface area contributed by atoms with Crippen molar-refractivity contribution in [3.05, 3.63) is 0 Å². The van der Waals surface area contributed by atoms with Crippen LogP contribution in [0, 0.1) is 5.92 Å². The third kappa shape index (κ3) is 9.14. The minimum atomic E-state index is 0.295. The molecule has 0 aliphatic rings. The highest BCUT2D eigenvalue weighted by molar-refractivity contribution is 5.79. The monoisotopic (exact) mass is 188 g/mol. The number of hydrogen-bond acceptors (Lipinski definition) is 3. The molecule has 0 spiro atoms. The fourth-order valence-corrected chi connectivity index (χ4v) is 0.879. The van der Waals surface area contributed by atoms with Crippen LogP contribution in [-0.2, 0) is 4.74 Å². The number of rotatable bonds is 7. The Morgan fingerprint density at radius 2 is 2.15 bits per heavy atom. The lowest BCUT2D eigenvalue weighted by atomic mass is 10.2. The number of hydrogen-bond donors (Lipinski definition) is 2. The van der Waals surface area contributed by atoms with Crippen LogP contribution >= 0.6 is 0 Å². The van der Waals surface area contributed by atoms with Crippen LogP contribution < -0.4 is 5.73 Å². The molecule has 0 unspecified atom stereocenters. The zero-order chi connectivity index (χ0) is 10.1. The van der Waals surface area contributed by atoms with E-state index in [0.29, 0.717) is 18.2 Å². The van der Waals surface area contributed by atoms with Crippen LogP contribution in [0.15, 0.2) is 5.16 Å². The number of ether oxygens (including phenoxy) is 1. The van der Waals surface area contributed by atoms with Crippen LogP contribution in [0.25, 0.3) is 0 Å². The summed E-state index contributed by atoms with van der Waals surface area (Å²) in [5.41, 5.74) is 5.30. The second kappa shape index (κ2) is 7.86. The van der Waals surface area contributed by atoms with E-state index >= 15 is 0 Å². The van der Waals surface area contributed by atoms with Crippen LogP contribution in [-0.4, -0.2) is 24.3 Å². The van der Waals surface area contributed by atoms with Crippen molar-refractivity contribution in [2.75, 3.05) is 13.2 Å². The zero-order valence-electron chi connectivity index (χ0n) is 8.49. The van der Waals surface area contributed by atoms with E-state index in [0.717, 1.165) is 26.1 Å². The first kappa shape index (κ1) is 12.2. The molecule has 0 aromatic carbocycles. The Kier molecular flexibility index (Phi) is 7.39. The van der Waals surface area contributed by atoms with Gasteiger partial charge in [0, 0.05) is 19.6 Å². The molecule has 3 N–H and O–H groups in total. The van der Waals surface area contributed by atoms with Crippen LogP contribution in [0.4, 0.5) is 0 Å². The van der Waals surface area contributed by atoms with E-state index in [4.69, 9.17) is 15.7 Å². The van der Waals surface area contributed by atoms with Crippen molar-refractivity contribution in [3.8, 4) is 0 Å². The summed E-state index contributed by atoms with van der Waals surface area (Å²) in [6.45, 7) is 5.81. The van der Waals surface area contributed by atoms with Gasteiger partial charge >= 0.3 is 0 Å². The van der Waals surface area contributed by atoms with Gasteiger partial charge in [-0.3, -0.25) is 0 Å². The predicted octanol–water partition coefficient (Wildman–Crippen LogP) is 1.58. The van der Waals surface area contributed by atoms with Gasteiger partial charge in [0.05, 0.1) is 0 Å². The van der Waals surface area contributed by atoms with Crippen molar-refractivity contribution < 1.29 is 9.94 Å². The van der Waals surface area contributed by atoms with Gasteiger partial charge in [0.1, 0.15) is 5.84 Å². The van der Waals surface area contributed by atoms with Crippen LogP contribution in [0.3, 0.4) is 0 Å². The highest BCUT2D eigenvalue weighted by atomic mass is 16.5. The topological polar surface area (TPSA) is 67.8 Å². The van der Waals surface area contributed by atoms with Gasteiger partial charge in [0.15, 0.2) is 0 Å². The summed E-state index contributed by atoms with van der Waals surface area (Å²) in [4.78, 5) is 0. The van der Waals surface area contributed by atoms with Gasteiger partial charge in [0.2, 0.25) is 0 Å². The van der Waals surface area contributed by atoms with Crippen LogP contribution in [0.2, 0.25) is 0 Å². The molecule has 0 rings (SSSR count). The lowest BCUT2D eigenvalue weighted by Crippen LogP contribution is -2.11. The summed E-state index contributed by atoms with van der Waals surface area (Å²) in [6, 6.07) is 0. The lowest BCUT2D eigenvalue weighted by molar-refractivity contribution is 0.107. The molecule has 0 heterocycles. The molecule has 0 aliphatic carbocycles. The first-order chi connectivity index (χ1) is 6.16. The molecule has 0 radical (unpaired) electrons. The maximum Gasteiger partial charge on any atom is 0.139 e. The van der Waals surface area contributed by atoms with E-state index in [1.807, 2.05) is 0 Å². The molecule has 78 valence electrons. The van der Waals surface area contributed by atoms with E-state index < -0.39 is 0 Å². The molecule has 0 aromatic heterocycles. The number of oxime groups is 1. The first-order valence-electron chi connectivity index (χ1n) is 4.71. The third-order valence-corrected chi connectivity index (χ3v) is 1.55. The van der Waals surface area contributed by atoms with E-state index in [2.05, 4.69) is 19.0 Å². The van der Waals surface area contributed by atoms with Gasteiger partial charge in [-0.1, -0.05) is 19.0 Å². The van der Waals surface area contributed by atoms with Gasteiger partial charge in [-0.05, 0) is 18.8 Å². The first-order valence-corrected chi connectivity index (χ1v) is 4.71. The van der Waals surface area contributed by atoms with Crippen molar-refractivity contribution in [1.82, 2.24) is 0 Å². The SMILES string of the molecule is CC(C)COCCCCC(N)=NO. The normalized spacial score (nSPS) is 12.4. The van der Waals surface area contributed by atoms with E-state index in [1.165, 1.54) is 0 Å². The van der Waals surface area contributed by atoms with Gasteiger partial charge in [-0.15, -0.1) is 0 Å². The number of amidine groups is 1. The minimum Gasteiger partial charge on any atom is -0.409 e. The van der Waals surface area contributed by atoms with Gasteiger partial charge in [0.25, 0.3) is 0 Å². The molecular weight excluding hydrogens is 168 g/mol. The van der Waals surface area contributed by atoms with Crippen molar-refractivity contribution in [1.29, 1.82) is 0 Å². The molecule has 0 aromatic rings. The Bertz CT molecular complexity index is 147. The molecular formula is C9H20N2O2. The Balaban J connectivity index is 3.09. The lowest BCUT2D eigenvalue weighted by Gasteiger charge is -2.05. The highest BCUT2D eigenvalue weighted by Gasteiger charge is 1.95. The third-order valence-electron chi connectivity index (χ3n) is 1.55. The average Bonchev–Trinajstić information content (AvgIpc) is 2.10. The van der Waals surface area contributed by atoms with Crippen molar-refractivity contribution in [2.24, 2.45) is 16.8 Å². The Morgan fingerprint density at radius 1 is 1.46 bits per heavy atom. The fraction of sp³-hybridized carbons (Fsp3) is 0.889. The summed E-state index contributed by atoms with van der Waals surface area (Å²) >= 11 is 0. The van der Waals surface area contributed by atoms with Crippen molar-refractivity contribution in [3.63, 3.8) is 0 Å². The molecule has 4 nitrogen and oxygen atoms in total. The maximum atomic E-state index is 8.24. The van der Waals surface area contributed by atoms with E-state index in [-0.39, 0.29) is 0 Å². The number of nitrogens with zero attached hydrogens (tertiary/aromatic N) is 1. The number of unbranched alkanes of at least 4 members (excludes halogenated alkanes) is 1. The van der Waals surface area contributed by atoms with E-state index in [1.54, 1.807) is 0 Å². The minimum absolute atomic E-state index is 0.295. The molecule has 13 heavy (non-hydrogen) atoms. The summed E-state index contributed by atoms with van der Waals surface area (Å²) in [5.74, 6) is 0.882. The molecule has 0 saturated carbocycles.